The summed E-state index contributed by atoms with van der Waals surface area (Å²) in [6.07, 6.45) is 9.42. The molecular weight excluding hydrogens is 470 g/mol. The average Bonchev–Trinajstić information content (AvgIpc) is 3.27. The molecule has 12 atom stereocenters. The Balaban J connectivity index is 1.59. The van der Waals surface area contributed by atoms with E-state index in [1.807, 2.05) is 6.08 Å². The molecule has 202 valence electrons. The molecule has 0 spiro atoms. The lowest BCUT2D eigenvalue weighted by atomic mass is 9.41. The van der Waals surface area contributed by atoms with Gasteiger partial charge in [0.25, 0.3) is 0 Å². The summed E-state index contributed by atoms with van der Waals surface area (Å²) in [5, 5.41) is 24.4. The Hall–Kier alpha value is -0.850. The molecule has 2 unspecified atom stereocenters. The monoisotopic (exact) mass is 516 g/mol. The molecule has 2 saturated heterocycles. The number of hydrogen-bond acceptors (Lipinski definition) is 6. The number of carbonyl (C=O) groups excluding carboxylic acids is 2. The second-order valence-corrected chi connectivity index (χ2v) is 15.2. The Labute approximate surface area is 221 Å². The van der Waals surface area contributed by atoms with Crippen LogP contribution in [0.15, 0.2) is 12.7 Å². The maximum atomic E-state index is 13.7. The van der Waals surface area contributed by atoms with Crippen molar-refractivity contribution in [1.29, 1.82) is 0 Å². The molecule has 0 aromatic rings. The molecule has 2 heterocycles. The molecule has 5 aliphatic rings. The summed E-state index contributed by atoms with van der Waals surface area (Å²) in [5.74, 6) is -0.986. The number of aliphatic carboxylic acids is 1. The van der Waals surface area contributed by atoms with Crippen LogP contribution in [0.2, 0.25) is 0 Å². The van der Waals surface area contributed by atoms with E-state index in [1.165, 1.54) is 12.8 Å². The van der Waals surface area contributed by atoms with Crippen molar-refractivity contribution in [3.05, 3.63) is 12.7 Å². The van der Waals surface area contributed by atoms with E-state index in [1.54, 1.807) is 11.8 Å². The van der Waals surface area contributed by atoms with Crippen molar-refractivity contribution in [3.63, 3.8) is 0 Å². The predicted molar refractivity (Wildman–Crippen MR) is 142 cm³/mol. The number of nitrogens with zero attached hydrogens (tertiary/aromatic N) is 1. The van der Waals surface area contributed by atoms with Crippen molar-refractivity contribution in [1.82, 2.24) is 4.90 Å². The van der Waals surface area contributed by atoms with Gasteiger partial charge in [-0.3, -0.25) is 4.79 Å². The van der Waals surface area contributed by atoms with Crippen LogP contribution in [0.5, 0.6) is 0 Å². The lowest BCUT2D eigenvalue weighted by molar-refractivity contribution is -0.308. The van der Waals surface area contributed by atoms with E-state index in [4.69, 9.17) is 0 Å². The number of aliphatic hydroxyl groups excluding tert-OH is 1. The number of fused-ring (bicyclic) bond motifs is 2. The third kappa shape index (κ3) is 3.71. The van der Waals surface area contributed by atoms with E-state index in [0.29, 0.717) is 24.9 Å². The zero-order valence-corrected chi connectivity index (χ0v) is 23.7. The van der Waals surface area contributed by atoms with Gasteiger partial charge in [0.05, 0.1) is 12.1 Å². The van der Waals surface area contributed by atoms with Crippen molar-refractivity contribution in [2.75, 3.05) is 7.05 Å². The Morgan fingerprint density at radius 3 is 2.42 bits per heavy atom. The van der Waals surface area contributed by atoms with Gasteiger partial charge in [-0.1, -0.05) is 33.8 Å². The smallest absolute Gasteiger partial charge is 0.137 e. The van der Waals surface area contributed by atoms with Gasteiger partial charge in [-0.25, -0.2) is 0 Å². The summed E-state index contributed by atoms with van der Waals surface area (Å²) in [7, 11) is 2.21. The Morgan fingerprint density at radius 2 is 1.83 bits per heavy atom. The first-order valence-corrected chi connectivity index (χ1v) is 15.3. The summed E-state index contributed by atoms with van der Waals surface area (Å²) in [6.45, 7) is 12.8. The van der Waals surface area contributed by atoms with Crippen molar-refractivity contribution < 1.29 is 19.8 Å². The number of hydrogen-bond donors (Lipinski definition) is 1. The fourth-order valence-corrected chi connectivity index (χ4v) is 11.7. The van der Waals surface area contributed by atoms with Crippen molar-refractivity contribution in [3.8, 4) is 0 Å². The molecule has 3 aliphatic carbocycles. The molecule has 1 N–H and O–H groups in total. The lowest BCUT2D eigenvalue weighted by Gasteiger charge is -2.63. The van der Waals surface area contributed by atoms with Gasteiger partial charge in [0, 0.05) is 40.3 Å². The molecule has 36 heavy (non-hydrogen) atoms. The summed E-state index contributed by atoms with van der Waals surface area (Å²) in [5.41, 5.74) is -1.34. The highest BCUT2D eigenvalue weighted by molar-refractivity contribution is 8.01. The van der Waals surface area contributed by atoms with Gasteiger partial charge in [0.1, 0.15) is 5.78 Å². The summed E-state index contributed by atoms with van der Waals surface area (Å²) >= 11 is 1.62. The molecule has 0 aromatic heterocycles. The van der Waals surface area contributed by atoms with Crippen molar-refractivity contribution in [2.45, 2.75) is 114 Å². The molecule has 4 bridgehead atoms. The second kappa shape index (κ2) is 9.12. The van der Waals surface area contributed by atoms with Crippen LogP contribution in [0.25, 0.3) is 0 Å². The summed E-state index contributed by atoms with van der Waals surface area (Å²) in [6, 6.07) is 1.07. The number of carbonyl (C=O) groups is 2. The van der Waals surface area contributed by atoms with Gasteiger partial charge in [0.2, 0.25) is 0 Å². The first-order valence-electron chi connectivity index (χ1n) is 14.3. The molecule has 6 heteroatoms. The first kappa shape index (κ1) is 26.7. The quantitative estimate of drug-likeness (QED) is 0.555. The summed E-state index contributed by atoms with van der Waals surface area (Å²) < 4.78 is 0. The third-order valence-corrected chi connectivity index (χ3v) is 14.0. The summed E-state index contributed by atoms with van der Waals surface area (Å²) in [4.78, 5) is 29.2. The van der Waals surface area contributed by atoms with Gasteiger partial charge in [0.15, 0.2) is 0 Å². The number of carboxylic acid groups (broad SMARTS) is 1. The standard InChI is InChI=1S/C30H47NO4S/c1-7-28(4)16-22(24(27(34)35)36-21-14-19-8-9-20(15-21)31(19)6)29(5)17(2)10-12-30(18(3)26(28)33)13-11-23(32)25(29)30/h7,17-22,24-26,33H,1,8-16H2,2-6H3,(H,34,35)/p-1/t17-,18+,19-,20+,21?,22+,24?,25+,26+,28-,29+,30+/m1/s1. The van der Waals surface area contributed by atoms with Crippen LogP contribution in [0.3, 0.4) is 0 Å². The van der Waals surface area contributed by atoms with Gasteiger partial charge < -0.3 is 19.9 Å². The minimum Gasteiger partial charge on any atom is -0.549 e. The van der Waals surface area contributed by atoms with Crippen LogP contribution >= 0.6 is 11.8 Å². The van der Waals surface area contributed by atoms with Crippen LogP contribution in [0.1, 0.15) is 85.5 Å². The normalized spacial score (nSPS) is 51.8. The number of piperidine rings is 1. The van der Waals surface area contributed by atoms with Gasteiger partial charge >= 0.3 is 0 Å². The molecular formula is C30H46NO4S-. The molecule has 5 rings (SSSR count). The van der Waals surface area contributed by atoms with Gasteiger partial charge in [-0.05, 0) is 87.0 Å². The maximum Gasteiger partial charge on any atom is 0.137 e. The highest BCUT2D eigenvalue weighted by Crippen LogP contribution is 2.70. The highest BCUT2D eigenvalue weighted by Gasteiger charge is 2.68. The van der Waals surface area contributed by atoms with Gasteiger partial charge in [-0.2, -0.15) is 0 Å². The van der Waals surface area contributed by atoms with Crippen molar-refractivity contribution >= 4 is 23.5 Å². The molecule has 5 nitrogen and oxygen atoms in total. The minimum absolute atomic E-state index is 0.0386. The molecule has 0 aromatic carbocycles. The van der Waals surface area contributed by atoms with Crippen LogP contribution < -0.4 is 5.11 Å². The third-order valence-electron chi connectivity index (χ3n) is 12.4. The zero-order chi connectivity index (χ0) is 26.2. The SMILES string of the molecule is C=C[C@]1(C)C[C@@H](C(SC2C[C@H]3CC[C@@H](C2)N3C)C(=O)[O-])[C@]2(C)[C@H](C)CC[C@]3(CCC(=O)[C@H]32)[C@@H](C)[C@@H]1O. The molecule has 0 amide bonds. The number of carboxylic acids is 1. The van der Waals surface area contributed by atoms with Crippen LogP contribution in [-0.4, -0.2) is 57.5 Å². The lowest BCUT2D eigenvalue weighted by Crippen LogP contribution is -2.63. The second-order valence-electron chi connectivity index (χ2n) is 13.7. The van der Waals surface area contributed by atoms with Crippen LogP contribution in [0.4, 0.5) is 0 Å². The molecule has 0 radical (unpaired) electrons. The largest absolute Gasteiger partial charge is 0.549 e. The van der Waals surface area contributed by atoms with Crippen molar-refractivity contribution in [2.24, 2.45) is 39.9 Å². The number of ketones is 1. The Morgan fingerprint density at radius 1 is 1.19 bits per heavy atom. The van der Waals surface area contributed by atoms with E-state index in [9.17, 15) is 19.8 Å². The van der Waals surface area contributed by atoms with Gasteiger partial charge in [-0.15, -0.1) is 18.3 Å². The fourth-order valence-electron chi connectivity index (χ4n) is 9.91. The fraction of sp³-hybridized carbons (Fsp3) is 0.867. The van der Waals surface area contributed by atoms with Crippen LogP contribution in [0, 0.1) is 39.9 Å². The molecule has 2 aliphatic heterocycles. The van der Waals surface area contributed by atoms with Crippen LogP contribution in [-0.2, 0) is 9.59 Å². The predicted octanol–water partition coefficient (Wildman–Crippen LogP) is 4.07. The Kier molecular flexibility index (Phi) is 6.77. The number of Topliss-reactive ketones (excluding diaryl/α,β-unsaturated/α-hetero) is 1. The number of aliphatic hydroxyl groups is 1. The molecule has 5 fully saturated rings. The van der Waals surface area contributed by atoms with E-state index >= 15 is 0 Å². The van der Waals surface area contributed by atoms with E-state index in [0.717, 1.165) is 32.1 Å². The average molecular weight is 517 g/mol. The number of rotatable bonds is 5. The first-order chi connectivity index (χ1) is 16.9. The maximum absolute atomic E-state index is 13.7. The minimum atomic E-state index is -0.999. The van der Waals surface area contributed by atoms with E-state index in [2.05, 4.69) is 46.2 Å². The Bertz CT molecular complexity index is 911. The van der Waals surface area contributed by atoms with E-state index in [-0.39, 0.29) is 40.1 Å². The number of thioether (sulfide) groups is 1. The highest BCUT2D eigenvalue weighted by atomic mass is 32.2. The van der Waals surface area contributed by atoms with E-state index < -0.39 is 28.2 Å². The topological polar surface area (TPSA) is 80.7 Å². The zero-order valence-electron chi connectivity index (χ0n) is 22.9. The molecule has 3 saturated carbocycles.